The van der Waals surface area contributed by atoms with Gasteiger partial charge in [-0.05, 0) is 0 Å². The topological polar surface area (TPSA) is 88.1 Å². The van der Waals surface area contributed by atoms with Gasteiger partial charge in [-0.25, -0.2) is 4.98 Å². The molecule has 2 heterocycles. The summed E-state index contributed by atoms with van der Waals surface area (Å²) in [6, 6.07) is 2.06. The standard InChI is InChI=1S/C9H10ClN5O/c10-7-4-13-9(12)14-8(7)15-1-2-16-6(3-11)5-15/h4,6H,1-2,5H2,(H2,12,13,14). The molecule has 2 rings (SSSR count). The first kappa shape index (κ1) is 10.9. The van der Waals surface area contributed by atoms with Gasteiger partial charge in [0.05, 0.1) is 25.4 Å². The molecule has 2 N–H and O–H groups in total. The van der Waals surface area contributed by atoms with Crippen LogP contribution in [0.5, 0.6) is 0 Å². The van der Waals surface area contributed by atoms with E-state index in [0.717, 1.165) is 0 Å². The largest absolute Gasteiger partial charge is 0.368 e. The third-order valence-electron chi connectivity index (χ3n) is 2.25. The maximum Gasteiger partial charge on any atom is 0.222 e. The Kier molecular flexibility index (Phi) is 3.08. The molecule has 16 heavy (non-hydrogen) atoms. The number of nitrogen functional groups attached to an aromatic ring is 1. The Morgan fingerprint density at radius 1 is 1.69 bits per heavy atom. The van der Waals surface area contributed by atoms with E-state index < -0.39 is 6.10 Å². The monoisotopic (exact) mass is 239 g/mol. The molecule has 6 nitrogen and oxygen atoms in total. The Hall–Kier alpha value is -1.58. The van der Waals surface area contributed by atoms with E-state index in [1.54, 1.807) is 0 Å². The molecule has 0 aromatic carbocycles. The molecule has 0 spiro atoms. The van der Waals surface area contributed by atoms with Crippen molar-refractivity contribution in [1.29, 1.82) is 5.26 Å². The summed E-state index contributed by atoms with van der Waals surface area (Å²) in [5.41, 5.74) is 5.50. The predicted molar refractivity (Wildman–Crippen MR) is 59.0 cm³/mol. The van der Waals surface area contributed by atoms with Crippen LogP contribution in [0.4, 0.5) is 11.8 Å². The number of aromatic nitrogens is 2. The summed E-state index contributed by atoms with van der Waals surface area (Å²) in [6.45, 7) is 1.54. The molecule has 1 aromatic rings. The van der Waals surface area contributed by atoms with Crippen LogP contribution in [0.2, 0.25) is 5.02 Å². The van der Waals surface area contributed by atoms with Gasteiger partial charge in [-0.3, -0.25) is 0 Å². The van der Waals surface area contributed by atoms with E-state index in [0.29, 0.717) is 30.5 Å². The van der Waals surface area contributed by atoms with Gasteiger partial charge < -0.3 is 15.4 Å². The van der Waals surface area contributed by atoms with E-state index in [1.807, 2.05) is 4.90 Å². The summed E-state index contributed by atoms with van der Waals surface area (Å²) in [7, 11) is 0. The molecule has 7 heteroatoms. The molecule has 0 radical (unpaired) electrons. The van der Waals surface area contributed by atoms with Gasteiger partial charge in [0, 0.05) is 6.54 Å². The van der Waals surface area contributed by atoms with Crippen LogP contribution in [0.15, 0.2) is 6.20 Å². The van der Waals surface area contributed by atoms with Gasteiger partial charge in [0.1, 0.15) is 5.02 Å². The highest BCUT2D eigenvalue weighted by molar-refractivity contribution is 6.32. The van der Waals surface area contributed by atoms with Gasteiger partial charge in [-0.15, -0.1) is 0 Å². The highest BCUT2D eigenvalue weighted by atomic mass is 35.5. The lowest BCUT2D eigenvalue weighted by molar-refractivity contribution is 0.0761. The third-order valence-corrected chi connectivity index (χ3v) is 2.52. The minimum absolute atomic E-state index is 0.166. The molecular formula is C9H10ClN5O. The van der Waals surface area contributed by atoms with Crippen molar-refractivity contribution >= 4 is 23.4 Å². The number of nitriles is 1. The Morgan fingerprint density at radius 2 is 2.50 bits per heavy atom. The molecule has 1 atom stereocenters. The number of nitrogens with zero attached hydrogens (tertiary/aromatic N) is 4. The van der Waals surface area contributed by atoms with E-state index >= 15 is 0 Å². The summed E-state index contributed by atoms with van der Waals surface area (Å²) in [5, 5.41) is 9.21. The van der Waals surface area contributed by atoms with E-state index in [-0.39, 0.29) is 5.95 Å². The van der Waals surface area contributed by atoms with Crippen LogP contribution in [0.25, 0.3) is 0 Å². The zero-order valence-electron chi connectivity index (χ0n) is 8.43. The second-order valence-electron chi connectivity index (χ2n) is 3.33. The van der Waals surface area contributed by atoms with E-state index in [9.17, 15) is 0 Å². The van der Waals surface area contributed by atoms with Gasteiger partial charge in [0.15, 0.2) is 11.9 Å². The Balaban J connectivity index is 2.23. The van der Waals surface area contributed by atoms with Crippen LogP contribution in [0.3, 0.4) is 0 Å². The molecule has 1 fully saturated rings. The van der Waals surface area contributed by atoms with Crippen molar-refractivity contribution < 1.29 is 4.74 Å². The third kappa shape index (κ3) is 2.15. The van der Waals surface area contributed by atoms with Crippen molar-refractivity contribution in [2.75, 3.05) is 30.3 Å². The molecule has 1 unspecified atom stereocenters. The number of halogens is 1. The van der Waals surface area contributed by atoms with Gasteiger partial charge in [-0.2, -0.15) is 10.2 Å². The average molecular weight is 240 g/mol. The van der Waals surface area contributed by atoms with Crippen LogP contribution in [-0.2, 0) is 4.74 Å². The van der Waals surface area contributed by atoms with Crippen molar-refractivity contribution in [2.24, 2.45) is 0 Å². The predicted octanol–water partition coefficient (Wildman–Crippen LogP) is 0.441. The number of hydrogen-bond acceptors (Lipinski definition) is 6. The summed E-state index contributed by atoms with van der Waals surface area (Å²) in [5.74, 6) is 0.720. The summed E-state index contributed by atoms with van der Waals surface area (Å²) < 4.78 is 5.23. The molecule has 1 aliphatic heterocycles. The number of morpholine rings is 1. The minimum Gasteiger partial charge on any atom is -0.368 e. The molecule has 1 saturated heterocycles. The normalized spacial score (nSPS) is 20.5. The van der Waals surface area contributed by atoms with Crippen LogP contribution in [-0.4, -0.2) is 35.8 Å². The number of anilines is 2. The minimum atomic E-state index is -0.457. The zero-order valence-corrected chi connectivity index (χ0v) is 9.18. The molecule has 0 bridgehead atoms. The lowest BCUT2D eigenvalue weighted by Crippen LogP contribution is -2.42. The van der Waals surface area contributed by atoms with Crippen LogP contribution < -0.4 is 10.6 Å². The molecule has 84 valence electrons. The smallest absolute Gasteiger partial charge is 0.222 e. The number of nitrogens with two attached hydrogens (primary N) is 1. The van der Waals surface area contributed by atoms with Crippen LogP contribution in [0, 0.1) is 11.3 Å². The van der Waals surface area contributed by atoms with Crippen molar-refractivity contribution in [3.05, 3.63) is 11.2 Å². The molecule has 0 aliphatic carbocycles. The molecule has 1 aliphatic rings. The average Bonchev–Trinajstić information content (AvgIpc) is 2.32. The van der Waals surface area contributed by atoms with E-state index in [4.69, 9.17) is 27.3 Å². The van der Waals surface area contributed by atoms with E-state index in [2.05, 4.69) is 16.0 Å². The van der Waals surface area contributed by atoms with Gasteiger partial charge in [0.25, 0.3) is 0 Å². The molecular weight excluding hydrogens is 230 g/mol. The second kappa shape index (κ2) is 4.51. The quantitative estimate of drug-likeness (QED) is 0.765. The number of hydrogen-bond donors (Lipinski definition) is 1. The molecule has 1 aromatic heterocycles. The summed E-state index contributed by atoms with van der Waals surface area (Å²) in [6.07, 6.45) is 0.997. The Bertz CT molecular complexity index is 432. The van der Waals surface area contributed by atoms with Crippen molar-refractivity contribution in [3.63, 3.8) is 0 Å². The van der Waals surface area contributed by atoms with Gasteiger partial charge in [0.2, 0.25) is 5.95 Å². The fraction of sp³-hybridized carbons (Fsp3) is 0.444. The van der Waals surface area contributed by atoms with Crippen molar-refractivity contribution in [3.8, 4) is 6.07 Å². The SMILES string of the molecule is N#CC1CN(c2nc(N)ncc2Cl)CCO1. The lowest BCUT2D eigenvalue weighted by Gasteiger charge is -2.31. The highest BCUT2D eigenvalue weighted by Gasteiger charge is 2.23. The maximum absolute atomic E-state index is 8.79. The van der Waals surface area contributed by atoms with Crippen LogP contribution in [0.1, 0.15) is 0 Å². The first-order valence-corrected chi connectivity index (χ1v) is 5.12. The summed E-state index contributed by atoms with van der Waals surface area (Å²) >= 11 is 5.97. The Labute approximate surface area is 97.6 Å². The maximum atomic E-state index is 8.79. The first-order valence-electron chi connectivity index (χ1n) is 4.75. The lowest BCUT2D eigenvalue weighted by atomic mass is 10.3. The van der Waals surface area contributed by atoms with Crippen molar-refractivity contribution in [2.45, 2.75) is 6.10 Å². The van der Waals surface area contributed by atoms with Gasteiger partial charge >= 0.3 is 0 Å². The van der Waals surface area contributed by atoms with E-state index in [1.165, 1.54) is 6.20 Å². The molecule has 0 saturated carbocycles. The molecule has 0 amide bonds. The van der Waals surface area contributed by atoms with Gasteiger partial charge in [-0.1, -0.05) is 11.6 Å². The fourth-order valence-corrected chi connectivity index (χ4v) is 1.72. The number of rotatable bonds is 1. The Morgan fingerprint density at radius 3 is 3.25 bits per heavy atom. The summed E-state index contributed by atoms with van der Waals surface area (Å²) in [4.78, 5) is 9.72. The highest BCUT2D eigenvalue weighted by Crippen LogP contribution is 2.24. The second-order valence-corrected chi connectivity index (χ2v) is 3.74. The zero-order chi connectivity index (χ0) is 11.5. The number of ether oxygens (including phenoxy) is 1. The van der Waals surface area contributed by atoms with Crippen LogP contribution >= 0.6 is 11.6 Å². The first-order chi connectivity index (χ1) is 7.70. The fourth-order valence-electron chi connectivity index (χ4n) is 1.51. The van der Waals surface area contributed by atoms with Crippen molar-refractivity contribution in [1.82, 2.24) is 9.97 Å².